The number of aromatic amines is 1. The SMILES string of the molecule is O=C(NC1CCCC(c2nc3ccccc3[nH]2)C1)c1cccnc1. The van der Waals surface area contributed by atoms with Crippen LogP contribution in [0, 0.1) is 0 Å². The molecule has 5 nitrogen and oxygen atoms in total. The summed E-state index contributed by atoms with van der Waals surface area (Å²) in [5, 5.41) is 3.15. The highest BCUT2D eigenvalue weighted by Gasteiger charge is 2.26. The molecule has 1 aliphatic rings. The Morgan fingerprint density at radius 2 is 2.08 bits per heavy atom. The van der Waals surface area contributed by atoms with E-state index in [2.05, 4.69) is 21.4 Å². The van der Waals surface area contributed by atoms with E-state index in [-0.39, 0.29) is 11.9 Å². The first-order valence-corrected chi connectivity index (χ1v) is 8.45. The number of hydrogen-bond donors (Lipinski definition) is 2. The van der Waals surface area contributed by atoms with E-state index in [4.69, 9.17) is 4.98 Å². The Morgan fingerprint density at radius 1 is 1.17 bits per heavy atom. The summed E-state index contributed by atoms with van der Waals surface area (Å²) in [6.45, 7) is 0. The van der Waals surface area contributed by atoms with Crippen LogP contribution in [0.4, 0.5) is 0 Å². The smallest absolute Gasteiger partial charge is 0.253 e. The van der Waals surface area contributed by atoms with Gasteiger partial charge in [-0.2, -0.15) is 0 Å². The molecule has 2 unspecified atom stereocenters. The fraction of sp³-hybridized carbons (Fsp3) is 0.316. The number of carbonyl (C=O) groups excluding carboxylic acids is 1. The van der Waals surface area contributed by atoms with Crippen molar-refractivity contribution < 1.29 is 4.79 Å². The Bertz CT molecular complexity index is 810. The summed E-state index contributed by atoms with van der Waals surface area (Å²) in [7, 11) is 0. The molecule has 1 aromatic carbocycles. The van der Waals surface area contributed by atoms with Gasteiger partial charge in [0.25, 0.3) is 5.91 Å². The topological polar surface area (TPSA) is 70.7 Å². The van der Waals surface area contributed by atoms with E-state index in [1.165, 1.54) is 0 Å². The highest BCUT2D eigenvalue weighted by molar-refractivity contribution is 5.94. The highest BCUT2D eigenvalue weighted by Crippen LogP contribution is 2.32. The lowest BCUT2D eigenvalue weighted by Crippen LogP contribution is -2.38. The highest BCUT2D eigenvalue weighted by atomic mass is 16.1. The van der Waals surface area contributed by atoms with Gasteiger partial charge in [0.2, 0.25) is 0 Å². The standard InChI is InChI=1S/C19H20N4O/c24-19(14-6-4-10-20-12-14)21-15-7-3-5-13(11-15)18-22-16-8-1-2-9-17(16)23-18/h1-2,4,6,8-10,12-13,15H,3,5,7,11H2,(H,21,24)(H,22,23). The minimum absolute atomic E-state index is 0.0432. The van der Waals surface area contributed by atoms with Crippen LogP contribution in [-0.4, -0.2) is 26.9 Å². The average molecular weight is 320 g/mol. The molecule has 3 aromatic rings. The first-order valence-electron chi connectivity index (χ1n) is 8.45. The second-order valence-corrected chi connectivity index (χ2v) is 6.41. The lowest BCUT2D eigenvalue weighted by molar-refractivity contribution is 0.0924. The molecule has 5 heteroatoms. The third kappa shape index (κ3) is 3.02. The van der Waals surface area contributed by atoms with E-state index in [1.807, 2.05) is 18.2 Å². The maximum absolute atomic E-state index is 12.3. The molecule has 122 valence electrons. The van der Waals surface area contributed by atoms with Crippen LogP contribution in [-0.2, 0) is 0 Å². The second-order valence-electron chi connectivity index (χ2n) is 6.41. The van der Waals surface area contributed by atoms with Crippen LogP contribution in [0.5, 0.6) is 0 Å². The van der Waals surface area contributed by atoms with Crippen LogP contribution >= 0.6 is 0 Å². The maximum Gasteiger partial charge on any atom is 0.253 e. The van der Waals surface area contributed by atoms with Gasteiger partial charge in [-0.15, -0.1) is 0 Å². The van der Waals surface area contributed by atoms with Gasteiger partial charge in [-0.05, 0) is 43.5 Å². The summed E-state index contributed by atoms with van der Waals surface area (Å²) in [5.74, 6) is 1.36. The van der Waals surface area contributed by atoms with Gasteiger partial charge in [0.1, 0.15) is 5.82 Å². The van der Waals surface area contributed by atoms with E-state index in [1.54, 1.807) is 24.5 Å². The van der Waals surface area contributed by atoms with Gasteiger partial charge in [-0.1, -0.05) is 18.6 Å². The fourth-order valence-corrected chi connectivity index (χ4v) is 3.50. The summed E-state index contributed by atoms with van der Waals surface area (Å²) in [5.41, 5.74) is 2.70. The van der Waals surface area contributed by atoms with Gasteiger partial charge >= 0.3 is 0 Å². The number of fused-ring (bicyclic) bond motifs is 1. The summed E-state index contributed by atoms with van der Waals surface area (Å²) < 4.78 is 0. The molecule has 0 saturated heterocycles. The lowest BCUT2D eigenvalue weighted by Gasteiger charge is -2.28. The molecule has 1 saturated carbocycles. The normalized spacial score (nSPS) is 20.8. The minimum atomic E-state index is -0.0432. The third-order valence-electron chi connectivity index (χ3n) is 4.73. The number of amides is 1. The lowest BCUT2D eigenvalue weighted by atomic mass is 9.85. The number of imidazole rings is 1. The zero-order valence-electron chi connectivity index (χ0n) is 13.4. The Labute approximate surface area is 140 Å². The molecule has 0 bridgehead atoms. The first-order chi connectivity index (χ1) is 11.8. The molecule has 0 spiro atoms. The number of pyridine rings is 1. The first kappa shape index (κ1) is 14.9. The minimum Gasteiger partial charge on any atom is -0.349 e. The predicted molar refractivity (Wildman–Crippen MR) is 92.8 cm³/mol. The van der Waals surface area contributed by atoms with Crippen molar-refractivity contribution in [2.24, 2.45) is 0 Å². The molecule has 1 fully saturated rings. The van der Waals surface area contributed by atoms with Crippen molar-refractivity contribution >= 4 is 16.9 Å². The molecule has 2 aromatic heterocycles. The summed E-state index contributed by atoms with van der Waals surface area (Å²) in [6.07, 6.45) is 7.43. The van der Waals surface area contributed by atoms with Crippen LogP contribution < -0.4 is 5.32 Å². The van der Waals surface area contributed by atoms with Crippen LogP contribution in [0.1, 0.15) is 47.8 Å². The maximum atomic E-state index is 12.3. The molecule has 4 rings (SSSR count). The van der Waals surface area contributed by atoms with E-state index in [9.17, 15) is 4.79 Å². The van der Waals surface area contributed by atoms with Crippen molar-refractivity contribution in [3.63, 3.8) is 0 Å². The monoisotopic (exact) mass is 320 g/mol. The van der Waals surface area contributed by atoms with Gasteiger partial charge in [0.15, 0.2) is 0 Å². The molecule has 1 aliphatic carbocycles. The molecule has 0 radical (unpaired) electrons. The molecule has 24 heavy (non-hydrogen) atoms. The Balaban J connectivity index is 1.46. The number of para-hydroxylation sites is 2. The number of H-pyrrole nitrogens is 1. The van der Waals surface area contributed by atoms with Crippen molar-refractivity contribution in [3.8, 4) is 0 Å². The molecule has 2 N–H and O–H groups in total. The van der Waals surface area contributed by atoms with E-state index >= 15 is 0 Å². The van der Waals surface area contributed by atoms with E-state index in [0.29, 0.717) is 11.5 Å². The zero-order chi connectivity index (χ0) is 16.4. The number of carbonyl (C=O) groups is 1. The van der Waals surface area contributed by atoms with Crippen LogP contribution in [0.15, 0.2) is 48.8 Å². The molecule has 2 atom stereocenters. The number of rotatable bonds is 3. The van der Waals surface area contributed by atoms with Crippen LogP contribution in [0.3, 0.4) is 0 Å². The van der Waals surface area contributed by atoms with Gasteiger partial charge in [0, 0.05) is 24.4 Å². The quantitative estimate of drug-likeness (QED) is 0.777. The number of benzene rings is 1. The van der Waals surface area contributed by atoms with Gasteiger partial charge < -0.3 is 10.3 Å². The summed E-state index contributed by atoms with van der Waals surface area (Å²) >= 11 is 0. The molecular formula is C19H20N4O. The average Bonchev–Trinajstić information content (AvgIpc) is 3.07. The second kappa shape index (κ2) is 6.43. The largest absolute Gasteiger partial charge is 0.349 e. The Hall–Kier alpha value is -2.69. The van der Waals surface area contributed by atoms with Gasteiger partial charge in [-0.25, -0.2) is 4.98 Å². The third-order valence-corrected chi connectivity index (χ3v) is 4.73. The van der Waals surface area contributed by atoms with Gasteiger partial charge in [-0.3, -0.25) is 9.78 Å². The predicted octanol–water partition coefficient (Wildman–Crippen LogP) is 3.41. The molecule has 2 heterocycles. The number of hydrogen-bond acceptors (Lipinski definition) is 3. The molecular weight excluding hydrogens is 300 g/mol. The van der Waals surface area contributed by atoms with Crippen molar-refractivity contribution in [2.75, 3.05) is 0 Å². The van der Waals surface area contributed by atoms with E-state index in [0.717, 1.165) is 42.5 Å². The summed E-state index contributed by atoms with van der Waals surface area (Å²) in [6, 6.07) is 11.9. The van der Waals surface area contributed by atoms with Crippen LogP contribution in [0.25, 0.3) is 11.0 Å². The number of nitrogens with one attached hydrogen (secondary N) is 2. The Morgan fingerprint density at radius 3 is 2.92 bits per heavy atom. The Kier molecular flexibility index (Phi) is 3.99. The molecule has 0 aliphatic heterocycles. The molecule has 1 amide bonds. The zero-order valence-corrected chi connectivity index (χ0v) is 13.4. The van der Waals surface area contributed by atoms with E-state index < -0.39 is 0 Å². The number of nitrogens with zero attached hydrogens (tertiary/aromatic N) is 2. The van der Waals surface area contributed by atoms with Crippen molar-refractivity contribution in [1.29, 1.82) is 0 Å². The van der Waals surface area contributed by atoms with Crippen molar-refractivity contribution in [2.45, 2.75) is 37.6 Å². The van der Waals surface area contributed by atoms with Gasteiger partial charge in [0.05, 0.1) is 16.6 Å². The summed E-state index contributed by atoms with van der Waals surface area (Å²) in [4.78, 5) is 24.5. The van der Waals surface area contributed by atoms with Crippen molar-refractivity contribution in [1.82, 2.24) is 20.3 Å². The van der Waals surface area contributed by atoms with Crippen molar-refractivity contribution in [3.05, 3.63) is 60.2 Å². The van der Waals surface area contributed by atoms with Crippen LogP contribution in [0.2, 0.25) is 0 Å². The fourth-order valence-electron chi connectivity index (χ4n) is 3.50. The number of aromatic nitrogens is 3.